The van der Waals surface area contributed by atoms with Gasteiger partial charge in [0.1, 0.15) is 11.8 Å². The zero-order valence-corrected chi connectivity index (χ0v) is 12.5. The number of alkyl halides is 5. The van der Waals surface area contributed by atoms with Crippen molar-refractivity contribution < 1.29 is 26.7 Å². The van der Waals surface area contributed by atoms with Gasteiger partial charge in [0.2, 0.25) is 0 Å². The molecule has 1 unspecified atom stereocenters. The van der Waals surface area contributed by atoms with Crippen LogP contribution >= 0.6 is 23.2 Å². The lowest BCUT2D eigenvalue weighted by Crippen LogP contribution is -2.47. The number of benzene rings is 1. The lowest BCUT2D eigenvalue weighted by molar-refractivity contribution is -0.293. The molecular formula is C12H12Cl2F5NO. The van der Waals surface area contributed by atoms with E-state index in [0.29, 0.717) is 0 Å². The molecule has 1 aromatic carbocycles. The van der Waals surface area contributed by atoms with Gasteiger partial charge in [-0.05, 0) is 25.6 Å². The normalized spacial score (nSPS) is 14.1. The molecule has 120 valence electrons. The average molecular weight is 352 g/mol. The van der Waals surface area contributed by atoms with Crippen molar-refractivity contribution in [3.05, 3.63) is 27.7 Å². The number of hydrogen-bond acceptors (Lipinski definition) is 2. The van der Waals surface area contributed by atoms with Crippen LogP contribution in [0.2, 0.25) is 10.0 Å². The van der Waals surface area contributed by atoms with Gasteiger partial charge in [0.05, 0.1) is 11.6 Å². The third-order valence-corrected chi connectivity index (χ3v) is 3.31. The summed E-state index contributed by atoms with van der Waals surface area (Å²) in [5.41, 5.74) is -0.463. The minimum Gasteiger partial charge on any atom is -0.492 e. The summed E-state index contributed by atoms with van der Waals surface area (Å²) in [4.78, 5) is 0. The first-order valence-corrected chi connectivity index (χ1v) is 6.55. The van der Waals surface area contributed by atoms with Gasteiger partial charge in [0.25, 0.3) is 0 Å². The van der Waals surface area contributed by atoms with Crippen molar-refractivity contribution in [2.75, 3.05) is 13.7 Å². The van der Waals surface area contributed by atoms with Crippen molar-refractivity contribution in [2.45, 2.75) is 25.1 Å². The summed E-state index contributed by atoms with van der Waals surface area (Å²) in [6, 6.07) is -0.312. The second kappa shape index (κ2) is 6.54. The summed E-state index contributed by atoms with van der Waals surface area (Å²) >= 11 is 11.6. The van der Waals surface area contributed by atoms with Gasteiger partial charge >= 0.3 is 12.1 Å². The van der Waals surface area contributed by atoms with E-state index >= 15 is 0 Å². The first kappa shape index (κ1) is 18.3. The Morgan fingerprint density at radius 3 is 2.14 bits per heavy atom. The monoisotopic (exact) mass is 351 g/mol. The zero-order chi connectivity index (χ0) is 16.4. The molecule has 21 heavy (non-hydrogen) atoms. The fraction of sp³-hybridized carbons (Fsp3) is 0.500. The lowest BCUT2D eigenvalue weighted by Gasteiger charge is -2.29. The number of nitrogens with one attached hydrogen (secondary N) is 1. The summed E-state index contributed by atoms with van der Waals surface area (Å²) in [5.74, 6) is -4.90. The van der Waals surface area contributed by atoms with Gasteiger partial charge in [-0.1, -0.05) is 23.2 Å². The van der Waals surface area contributed by atoms with Crippen LogP contribution in [0.4, 0.5) is 22.0 Å². The van der Waals surface area contributed by atoms with Gasteiger partial charge < -0.3 is 10.1 Å². The Morgan fingerprint density at radius 1 is 1.14 bits per heavy atom. The summed E-state index contributed by atoms with van der Waals surface area (Å²) in [6.45, 7) is 1.90. The summed E-state index contributed by atoms with van der Waals surface area (Å²) in [5, 5.41) is 1.53. The van der Waals surface area contributed by atoms with E-state index in [-0.39, 0.29) is 22.4 Å². The molecule has 2 nitrogen and oxygen atoms in total. The first-order valence-electron chi connectivity index (χ1n) is 5.79. The Balaban J connectivity index is 3.33. The Morgan fingerprint density at radius 2 is 1.71 bits per heavy atom. The Hall–Kier alpha value is -0.790. The summed E-state index contributed by atoms with van der Waals surface area (Å²) in [7, 11) is 0.977. The fourth-order valence-corrected chi connectivity index (χ4v) is 2.22. The maximum absolute atomic E-state index is 13.5. The maximum atomic E-state index is 13.5. The predicted octanol–water partition coefficient (Wildman–Crippen LogP) is 4.85. The van der Waals surface area contributed by atoms with E-state index in [4.69, 9.17) is 27.9 Å². The van der Waals surface area contributed by atoms with Crippen LogP contribution < -0.4 is 10.1 Å². The first-order chi connectivity index (χ1) is 9.56. The average Bonchev–Trinajstić information content (AvgIpc) is 2.34. The van der Waals surface area contributed by atoms with Crippen molar-refractivity contribution in [2.24, 2.45) is 0 Å². The van der Waals surface area contributed by atoms with E-state index < -0.39 is 23.7 Å². The molecule has 0 heterocycles. The molecule has 0 radical (unpaired) electrons. The highest BCUT2D eigenvalue weighted by Gasteiger charge is 2.62. The molecule has 0 aromatic heterocycles. The molecule has 0 aliphatic carbocycles. The molecule has 0 spiro atoms. The third-order valence-electron chi connectivity index (χ3n) is 2.69. The van der Waals surface area contributed by atoms with Gasteiger partial charge in [-0.3, -0.25) is 0 Å². The van der Waals surface area contributed by atoms with E-state index in [9.17, 15) is 22.0 Å². The number of rotatable bonds is 5. The van der Waals surface area contributed by atoms with Crippen LogP contribution in [0.5, 0.6) is 5.75 Å². The third kappa shape index (κ3) is 3.70. The van der Waals surface area contributed by atoms with Crippen LogP contribution in [0.1, 0.15) is 18.5 Å². The molecule has 0 saturated carbocycles. The van der Waals surface area contributed by atoms with E-state index in [1.54, 1.807) is 6.92 Å². The lowest BCUT2D eigenvalue weighted by atomic mass is 10.00. The highest BCUT2D eigenvalue weighted by atomic mass is 35.5. The topological polar surface area (TPSA) is 21.3 Å². The van der Waals surface area contributed by atoms with E-state index in [2.05, 4.69) is 0 Å². The molecule has 1 atom stereocenters. The van der Waals surface area contributed by atoms with Gasteiger partial charge in [-0.2, -0.15) is 22.0 Å². The van der Waals surface area contributed by atoms with Crippen LogP contribution in [0.3, 0.4) is 0 Å². The van der Waals surface area contributed by atoms with Crippen LogP contribution in [0.15, 0.2) is 12.1 Å². The van der Waals surface area contributed by atoms with Crippen LogP contribution in [0.25, 0.3) is 0 Å². The minimum atomic E-state index is -5.73. The molecule has 9 heteroatoms. The van der Waals surface area contributed by atoms with E-state index in [1.807, 2.05) is 5.32 Å². The van der Waals surface area contributed by atoms with Gasteiger partial charge in [-0.15, -0.1) is 0 Å². The number of halogens is 7. The highest BCUT2D eigenvalue weighted by molar-refractivity contribution is 6.34. The molecule has 0 bridgehead atoms. The van der Waals surface area contributed by atoms with E-state index in [0.717, 1.165) is 19.2 Å². The summed E-state index contributed by atoms with van der Waals surface area (Å²) in [6.07, 6.45) is -5.73. The van der Waals surface area contributed by atoms with Crippen molar-refractivity contribution in [3.8, 4) is 5.75 Å². The highest BCUT2D eigenvalue weighted by Crippen LogP contribution is 2.47. The van der Waals surface area contributed by atoms with Crippen molar-refractivity contribution in [3.63, 3.8) is 0 Å². The molecule has 1 N–H and O–H groups in total. The Bertz CT molecular complexity index is 507. The maximum Gasteiger partial charge on any atom is 0.455 e. The molecule has 0 saturated heterocycles. The van der Waals surface area contributed by atoms with Crippen molar-refractivity contribution >= 4 is 23.2 Å². The van der Waals surface area contributed by atoms with Gasteiger partial charge in [0, 0.05) is 11.1 Å². The summed E-state index contributed by atoms with van der Waals surface area (Å²) < 4.78 is 69.6. The largest absolute Gasteiger partial charge is 0.492 e. The fourth-order valence-electron chi connectivity index (χ4n) is 1.73. The molecule has 1 rings (SSSR count). The Kier molecular flexibility index (Phi) is 5.69. The van der Waals surface area contributed by atoms with Crippen molar-refractivity contribution in [1.29, 1.82) is 0 Å². The standard InChI is InChI=1S/C12H12Cl2F5NO/c1-3-21-9-5-7(13)6(4-8(9)14)10(20-2)11(15,16)12(17,18)19/h4-5,10,20H,3H2,1-2H3. The van der Waals surface area contributed by atoms with Crippen LogP contribution in [-0.4, -0.2) is 25.8 Å². The van der Waals surface area contributed by atoms with Gasteiger partial charge in [-0.25, -0.2) is 0 Å². The second-order valence-electron chi connectivity index (χ2n) is 4.08. The van der Waals surface area contributed by atoms with E-state index in [1.165, 1.54) is 0 Å². The molecule has 0 amide bonds. The quantitative estimate of drug-likeness (QED) is 0.765. The Labute approximate surface area is 128 Å². The number of hydrogen-bond donors (Lipinski definition) is 1. The molecule has 0 aliphatic rings. The zero-order valence-electron chi connectivity index (χ0n) is 11.0. The molecule has 0 fully saturated rings. The number of ether oxygens (including phenoxy) is 1. The predicted molar refractivity (Wildman–Crippen MR) is 70.4 cm³/mol. The van der Waals surface area contributed by atoms with Gasteiger partial charge in [0.15, 0.2) is 0 Å². The second-order valence-corrected chi connectivity index (χ2v) is 4.89. The molecule has 0 aliphatic heterocycles. The van der Waals surface area contributed by atoms with Crippen molar-refractivity contribution in [1.82, 2.24) is 5.32 Å². The SMILES string of the molecule is CCOc1cc(Cl)c(C(NC)C(F)(F)C(F)(F)F)cc1Cl. The molecule has 1 aromatic rings. The molecular weight excluding hydrogens is 340 g/mol. The minimum absolute atomic E-state index is 0.102. The van der Waals surface area contributed by atoms with Crippen LogP contribution in [0, 0.1) is 0 Å². The van der Waals surface area contributed by atoms with Crippen LogP contribution in [-0.2, 0) is 0 Å². The smallest absolute Gasteiger partial charge is 0.455 e.